The molecule has 2 aromatic rings. The molecule has 1 atom stereocenters. The largest absolute Gasteiger partial charge is 0.354 e. The van der Waals surface area contributed by atoms with Gasteiger partial charge in [0.2, 0.25) is 11.8 Å². The molecular weight excluding hydrogens is 338 g/mol. The maximum atomic E-state index is 12.2. The van der Waals surface area contributed by atoms with Gasteiger partial charge in [-0.2, -0.15) is 0 Å². The summed E-state index contributed by atoms with van der Waals surface area (Å²) in [5.74, 6) is -0.703. The molecule has 0 radical (unpaired) electrons. The highest BCUT2D eigenvalue weighted by molar-refractivity contribution is 7.12. The normalized spacial score (nSPS) is 16.7. The number of rotatable bonds is 6. The number of nitrogens with zero attached hydrogens (tertiary/aromatic N) is 1. The molecule has 2 heterocycles. The number of hydrogen-bond donors (Lipinski definition) is 2. The molecule has 0 aliphatic carbocycles. The van der Waals surface area contributed by atoms with Gasteiger partial charge >= 0.3 is 0 Å². The molecule has 2 N–H and O–H groups in total. The van der Waals surface area contributed by atoms with Crippen molar-refractivity contribution in [1.29, 1.82) is 0 Å². The molecule has 1 fully saturated rings. The molecule has 1 aliphatic rings. The van der Waals surface area contributed by atoms with Gasteiger partial charge in [-0.25, -0.2) is 0 Å². The number of nitrogens with one attached hydrogen (secondary N) is 2. The Morgan fingerprint density at radius 2 is 1.84 bits per heavy atom. The van der Waals surface area contributed by atoms with E-state index in [-0.39, 0.29) is 30.1 Å². The summed E-state index contributed by atoms with van der Waals surface area (Å²) in [6.45, 7) is 1.08. The van der Waals surface area contributed by atoms with Crippen molar-refractivity contribution in [3.8, 4) is 0 Å². The van der Waals surface area contributed by atoms with Crippen molar-refractivity contribution >= 4 is 34.7 Å². The van der Waals surface area contributed by atoms with Gasteiger partial charge in [-0.3, -0.25) is 14.4 Å². The summed E-state index contributed by atoms with van der Waals surface area (Å²) in [7, 11) is 0. The third-order valence-electron chi connectivity index (χ3n) is 4.02. The SMILES string of the molecule is O=C(NCCNC(=O)C1CC(=O)N(c2ccccc2)C1)c1cccs1. The number of hydrogen-bond acceptors (Lipinski definition) is 4. The third-order valence-corrected chi connectivity index (χ3v) is 4.89. The van der Waals surface area contributed by atoms with E-state index in [0.717, 1.165) is 5.69 Å². The van der Waals surface area contributed by atoms with Crippen LogP contribution in [0.25, 0.3) is 0 Å². The lowest BCUT2D eigenvalue weighted by Gasteiger charge is -2.16. The van der Waals surface area contributed by atoms with Crippen LogP contribution in [-0.4, -0.2) is 37.4 Å². The molecule has 1 saturated heterocycles. The lowest BCUT2D eigenvalue weighted by atomic mass is 10.1. The molecule has 3 rings (SSSR count). The minimum Gasteiger partial charge on any atom is -0.354 e. The zero-order valence-electron chi connectivity index (χ0n) is 13.6. The Kier molecular flexibility index (Phi) is 5.45. The summed E-state index contributed by atoms with van der Waals surface area (Å²) < 4.78 is 0. The number of carbonyl (C=O) groups excluding carboxylic acids is 3. The molecule has 6 nitrogen and oxygen atoms in total. The van der Waals surface area contributed by atoms with Crippen LogP contribution in [0.5, 0.6) is 0 Å². The number of para-hydroxylation sites is 1. The van der Waals surface area contributed by atoms with E-state index >= 15 is 0 Å². The zero-order chi connectivity index (χ0) is 17.6. The van der Waals surface area contributed by atoms with Gasteiger partial charge in [0.15, 0.2) is 0 Å². The second-order valence-corrected chi connectivity index (χ2v) is 6.71. The Bertz CT molecular complexity index is 746. The molecule has 0 spiro atoms. The van der Waals surface area contributed by atoms with Crippen LogP contribution >= 0.6 is 11.3 Å². The Morgan fingerprint density at radius 3 is 2.56 bits per heavy atom. The maximum absolute atomic E-state index is 12.2. The monoisotopic (exact) mass is 357 g/mol. The number of amides is 3. The van der Waals surface area contributed by atoms with Crippen LogP contribution < -0.4 is 15.5 Å². The van der Waals surface area contributed by atoms with Crippen LogP contribution in [0.4, 0.5) is 5.69 Å². The standard InChI is InChI=1S/C18H19N3O3S/c22-16-11-13(12-21(16)14-5-2-1-3-6-14)17(23)19-8-9-20-18(24)15-7-4-10-25-15/h1-7,10,13H,8-9,11-12H2,(H,19,23)(H,20,24). The first kappa shape index (κ1) is 17.2. The smallest absolute Gasteiger partial charge is 0.261 e. The molecule has 7 heteroatoms. The van der Waals surface area contributed by atoms with Crippen LogP contribution in [0.3, 0.4) is 0 Å². The summed E-state index contributed by atoms with van der Waals surface area (Å²) in [5, 5.41) is 7.38. The number of benzene rings is 1. The minimum absolute atomic E-state index is 0.0441. The third kappa shape index (κ3) is 4.24. The Balaban J connectivity index is 1.43. The maximum Gasteiger partial charge on any atom is 0.261 e. The van der Waals surface area contributed by atoms with E-state index in [2.05, 4.69) is 10.6 Å². The molecule has 25 heavy (non-hydrogen) atoms. The molecule has 130 valence electrons. The van der Waals surface area contributed by atoms with Crippen LogP contribution in [0.2, 0.25) is 0 Å². The number of thiophene rings is 1. The summed E-state index contributed by atoms with van der Waals surface area (Å²) in [5.41, 5.74) is 0.811. The molecule has 3 amide bonds. The van der Waals surface area contributed by atoms with Gasteiger partial charge < -0.3 is 15.5 Å². The fraction of sp³-hybridized carbons (Fsp3) is 0.278. The Morgan fingerprint density at radius 1 is 1.08 bits per heavy atom. The van der Waals surface area contributed by atoms with E-state index in [4.69, 9.17) is 0 Å². The summed E-state index contributed by atoms with van der Waals surface area (Å²) in [6, 6.07) is 12.9. The van der Waals surface area contributed by atoms with E-state index in [1.807, 2.05) is 41.8 Å². The van der Waals surface area contributed by atoms with Crippen LogP contribution in [-0.2, 0) is 9.59 Å². The van der Waals surface area contributed by atoms with Crippen molar-refractivity contribution in [2.45, 2.75) is 6.42 Å². The lowest BCUT2D eigenvalue weighted by Crippen LogP contribution is -2.38. The number of anilines is 1. The molecule has 1 aromatic heterocycles. The highest BCUT2D eigenvalue weighted by Crippen LogP contribution is 2.24. The molecular formula is C18H19N3O3S. The van der Waals surface area contributed by atoms with E-state index in [1.54, 1.807) is 11.0 Å². The van der Waals surface area contributed by atoms with Crippen molar-refractivity contribution in [2.75, 3.05) is 24.5 Å². The van der Waals surface area contributed by atoms with E-state index in [1.165, 1.54) is 11.3 Å². The van der Waals surface area contributed by atoms with Crippen LogP contribution in [0.1, 0.15) is 16.1 Å². The summed E-state index contributed by atoms with van der Waals surface area (Å²) in [6.07, 6.45) is 0.211. The van der Waals surface area contributed by atoms with Gasteiger partial charge in [0.1, 0.15) is 0 Å². The van der Waals surface area contributed by atoms with Gasteiger partial charge in [-0.05, 0) is 23.6 Å². The second kappa shape index (κ2) is 7.94. The molecule has 0 saturated carbocycles. The Hall–Kier alpha value is -2.67. The van der Waals surface area contributed by atoms with Gasteiger partial charge in [-0.1, -0.05) is 24.3 Å². The fourth-order valence-electron chi connectivity index (χ4n) is 2.74. The van der Waals surface area contributed by atoms with Crippen LogP contribution in [0.15, 0.2) is 47.8 Å². The first-order chi connectivity index (χ1) is 12.1. The van der Waals surface area contributed by atoms with E-state index in [0.29, 0.717) is 24.5 Å². The summed E-state index contributed by atoms with van der Waals surface area (Å²) >= 11 is 1.37. The molecule has 1 aromatic carbocycles. The van der Waals surface area contributed by atoms with Crippen molar-refractivity contribution in [1.82, 2.24) is 10.6 Å². The topological polar surface area (TPSA) is 78.5 Å². The number of carbonyl (C=O) groups is 3. The summed E-state index contributed by atoms with van der Waals surface area (Å²) in [4.78, 5) is 38.4. The zero-order valence-corrected chi connectivity index (χ0v) is 14.4. The first-order valence-electron chi connectivity index (χ1n) is 8.10. The van der Waals surface area contributed by atoms with Crippen LogP contribution in [0, 0.1) is 5.92 Å². The van der Waals surface area contributed by atoms with Crippen molar-refractivity contribution < 1.29 is 14.4 Å². The molecule has 1 aliphatic heterocycles. The van der Waals surface area contributed by atoms with Crippen molar-refractivity contribution in [2.24, 2.45) is 5.92 Å². The first-order valence-corrected chi connectivity index (χ1v) is 8.98. The van der Waals surface area contributed by atoms with E-state index < -0.39 is 0 Å². The van der Waals surface area contributed by atoms with Crippen molar-refractivity contribution in [3.63, 3.8) is 0 Å². The lowest BCUT2D eigenvalue weighted by molar-refractivity contribution is -0.126. The van der Waals surface area contributed by atoms with Gasteiger partial charge in [0.25, 0.3) is 5.91 Å². The van der Waals surface area contributed by atoms with Crippen molar-refractivity contribution in [3.05, 3.63) is 52.7 Å². The van der Waals surface area contributed by atoms with Gasteiger partial charge in [0.05, 0.1) is 10.8 Å². The average molecular weight is 357 g/mol. The fourth-order valence-corrected chi connectivity index (χ4v) is 3.38. The minimum atomic E-state index is -0.360. The van der Waals surface area contributed by atoms with Gasteiger partial charge in [0, 0.05) is 31.7 Å². The predicted molar refractivity (Wildman–Crippen MR) is 96.6 cm³/mol. The molecule has 0 bridgehead atoms. The highest BCUT2D eigenvalue weighted by atomic mass is 32.1. The second-order valence-electron chi connectivity index (χ2n) is 5.77. The average Bonchev–Trinajstić information content (AvgIpc) is 3.29. The Labute approximate surface area is 149 Å². The quantitative estimate of drug-likeness (QED) is 0.772. The van der Waals surface area contributed by atoms with Gasteiger partial charge in [-0.15, -0.1) is 11.3 Å². The van der Waals surface area contributed by atoms with E-state index in [9.17, 15) is 14.4 Å². The highest BCUT2D eigenvalue weighted by Gasteiger charge is 2.34. The predicted octanol–water partition coefficient (Wildman–Crippen LogP) is 1.65. The molecule has 1 unspecified atom stereocenters.